The van der Waals surface area contributed by atoms with Crippen LogP contribution in [0.2, 0.25) is 0 Å². The van der Waals surface area contributed by atoms with Crippen molar-refractivity contribution in [2.75, 3.05) is 6.61 Å². The largest absolute Gasteiger partial charge is 0.494 e. The zero-order valence-electron chi connectivity index (χ0n) is 9.93. The second-order valence-corrected chi connectivity index (χ2v) is 3.73. The van der Waals surface area contributed by atoms with E-state index >= 15 is 0 Å². The third kappa shape index (κ3) is 1.98. The molecule has 90 valence electrons. The number of ether oxygens (including phenoxy) is 1. The van der Waals surface area contributed by atoms with Crippen molar-refractivity contribution in [3.05, 3.63) is 30.0 Å². The van der Waals surface area contributed by atoms with Gasteiger partial charge in [-0.25, -0.2) is 4.79 Å². The highest BCUT2D eigenvalue weighted by Crippen LogP contribution is 2.24. The minimum atomic E-state index is -0.902. The molecule has 0 aliphatic heterocycles. The van der Waals surface area contributed by atoms with Crippen molar-refractivity contribution < 1.29 is 14.6 Å². The Morgan fingerprint density at radius 2 is 2.12 bits per heavy atom. The van der Waals surface area contributed by atoms with Crippen molar-refractivity contribution in [2.24, 2.45) is 0 Å². The van der Waals surface area contributed by atoms with E-state index in [-0.39, 0.29) is 0 Å². The fourth-order valence-electron chi connectivity index (χ4n) is 2.01. The predicted octanol–water partition coefficient (Wildman–Crippen LogP) is 2.76. The van der Waals surface area contributed by atoms with Gasteiger partial charge in [0.2, 0.25) is 0 Å². The van der Waals surface area contributed by atoms with Gasteiger partial charge in [0.1, 0.15) is 11.4 Å². The van der Waals surface area contributed by atoms with Gasteiger partial charge in [0.15, 0.2) is 0 Å². The summed E-state index contributed by atoms with van der Waals surface area (Å²) in [5.74, 6) is -0.134. The summed E-state index contributed by atoms with van der Waals surface area (Å²) >= 11 is 0. The standard InChI is InChI=1S/C13H15NO3/c1-3-14-11-8-10(17-4-2)6-5-9(11)7-12(14)13(15)16/h5-8H,3-4H2,1-2H3,(H,15,16). The molecule has 0 atom stereocenters. The van der Waals surface area contributed by atoms with Crippen molar-refractivity contribution in [1.82, 2.24) is 4.57 Å². The number of aromatic nitrogens is 1. The summed E-state index contributed by atoms with van der Waals surface area (Å²) in [4.78, 5) is 11.1. The lowest BCUT2D eigenvalue weighted by atomic mass is 10.2. The van der Waals surface area contributed by atoms with Crippen LogP contribution in [0.1, 0.15) is 24.3 Å². The molecule has 0 saturated heterocycles. The van der Waals surface area contributed by atoms with Crippen LogP contribution in [-0.2, 0) is 6.54 Å². The minimum absolute atomic E-state index is 0.316. The Bertz CT molecular complexity index is 557. The minimum Gasteiger partial charge on any atom is -0.494 e. The van der Waals surface area contributed by atoms with Crippen LogP contribution >= 0.6 is 0 Å². The Balaban J connectivity index is 2.62. The lowest BCUT2D eigenvalue weighted by Gasteiger charge is -2.06. The maximum atomic E-state index is 11.1. The van der Waals surface area contributed by atoms with E-state index in [1.807, 2.05) is 32.0 Å². The van der Waals surface area contributed by atoms with Gasteiger partial charge in [-0.3, -0.25) is 0 Å². The lowest BCUT2D eigenvalue weighted by Crippen LogP contribution is -2.06. The number of aryl methyl sites for hydroxylation is 1. The molecule has 0 aliphatic rings. The first-order valence-corrected chi connectivity index (χ1v) is 5.66. The van der Waals surface area contributed by atoms with E-state index in [1.165, 1.54) is 0 Å². The molecule has 2 aromatic rings. The van der Waals surface area contributed by atoms with E-state index in [9.17, 15) is 4.79 Å². The van der Waals surface area contributed by atoms with E-state index in [4.69, 9.17) is 9.84 Å². The third-order valence-electron chi connectivity index (χ3n) is 2.72. The Kier molecular flexibility index (Phi) is 3.04. The smallest absolute Gasteiger partial charge is 0.352 e. The summed E-state index contributed by atoms with van der Waals surface area (Å²) in [7, 11) is 0. The van der Waals surface area contributed by atoms with Gasteiger partial charge in [-0.15, -0.1) is 0 Å². The van der Waals surface area contributed by atoms with Crippen LogP contribution in [-0.4, -0.2) is 22.2 Å². The van der Waals surface area contributed by atoms with Gasteiger partial charge in [0.25, 0.3) is 0 Å². The van der Waals surface area contributed by atoms with Gasteiger partial charge < -0.3 is 14.4 Å². The average Bonchev–Trinajstić information content (AvgIpc) is 2.67. The molecule has 0 amide bonds. The molecule has 0 radical (unpaired) electrons. The number of fused-ring (bicyclic) bond motifs is 1. The van der Waals surface area contributed by atoms with Crippen LogP contribution in [0.25, 0.3) is 10.9 Å². The topological polar surface area (TPSA) is 51.5 Å². The number of aromatic carboxylic acids is 1. The molecule has 0 bridgehead atoms. The van der Waals surface area contributed by atoms with Crippen molar-refractivity contribution in [2.45, 2.75) is 20.4 Å². The van der Waals surface area contributed by atoms with Crippen LogP contribution < -0.4 is 4.74 Å². The Labute approximate surface area is 99.4 Å². The average molecular weight is 233 g/mol. The number of carboxylic acid groups (broad SMARTS) is 1. The first-order valence-electron chi connectivity index (χ1n) is 5.66. The van der Waals surface area contributed by atoms with Gasteiger partial charge in [-0.1, -0.05) is 0 Å². The molecule has 1 aromatic heterocycles. The molecule has 0 unspecified atom stereocenters. The molecule has 0 aliphatic carbocycles. The lowest BCUT2D eigenvalue weighted by molar-refractivity contribution is 0.0686. The third-order valence-corrected chi connectivity index (χ3v) is 2.72. The van der Waals surface area contributed by atoms with E-state index in [2.05, 4.69) is 0 Å². The normalized spacial score (nSPS) is 10.7. The molecule has 0 spiro atoms. The maximum Gasteiger partial charge on any atom is 0.352 e. The number of hydrogen-bond donors (Lipinski definition) is 1. The van der Waals surface area contributed by atoms with Gasteiger partial charge in [0.05, 0.1) is 12.1 Å². The van der Waals surface area contributed by atoms with Crippen LogP contribution in [0.3, 0.4) is 0 Å². The molecule has 1 heterocycles. The zero-order valence-corrected chi connectivity index (χ0v) is 9.93. The molecule has 4 heteroatoms. The Hall–Kier alpha value is -1.97. The molecule has 1 N–H and O–H groups in total. The van der Waals surface area contributed by atoms with Crippen molar-refractivity contribution >= 4 is 16.9 Å². The fraction of sp³-hybridized carbons (Fsp3) is 0.308. The van der Waals surface area contributed by atoms with Crippen molar-refractivity contribution in [3.63, 3.8) is 0 Å². The summed E-state index contributed by atoms with van der Waals surface area (Å²) in [5.41, 5.74) is 1.21. The number of benzene rings is 1. The zero-order chi connectivity index (χ0) is 12.4. The van der Waals surface area contributed by atoms with E-state index < -0.39 is 5.97 Å². The van der Waals surface area contributed by atoms with E-state index in [0.29, 0.717) is 18.8 Å². The first-order chi connectivity index (χ1) is 8.17. The molecular weight excluding hydrogens is 218 g/mol. The van der Waals surface area contributed by atoms with Crippen LogP contribution in [0.15, 0.2) is 24.3 Å². The predicted molar refractivity (Wildman–Crippen MR) is 65.7 cm³/mol. The highest BCUT2D eigenvalue weighted by atomic mass is 16.5. The number of hydrogen-bond acceptors (Lipinski definition) is 2. The molecule has 2 rings (SSSR count). The van der Waals surface area contributed by atoms with Crippen LogP contribution in [0.4, 0.5) is 0 Å². The summed E-state index contributed by atoms with van der Waals surface area (Å²) in [6.07, 6.45) is 0. The van der Waals surface area contributed by atoms with Crippen LogP contribution in [0, 0.1) is 0 Å². The number of rotatable bonds is 4. The highest BCUT2D eigenvalue weighted by Gasteiger charge is 2.13. The maximum absolute atomic E-state index is 11.1. The summed E-state index contributed by atoms with van der Waals surface area (Å²) in [6, 6.07) is 7.32. The van der Waals surface area contributed by atoms with Crippen LogP contribution in [0.5, 0.6) is 5.75 Å². The van der Waals surface area contributed by atoms with E-state index in [1.54, 1.807) is 10.6 Å². The molecule has 4 nitrogen and oxygen atoms in total. The number of nitrogens with zero attached hydrogens (tertiary/aromatic N) is 1. The Morgan fingerprint density at radius 3 is 2.71 bits per heavy atom. The second kappa shape index (κ2) is 4.49. The number of carbonyl (C=O) groups is 1. The molecular formula is C13H15NO3. The molecule has 1 aromatic carbocycles. The highest BCUT2D eigenvalue weighted by molar-refractivity contribution is 5.95. The Morgan fingerprint density at radius 1 is 1.35 bits per heavy atom. The fourth-order valence-corrected chi connectivity index (χ4v) is 2.01. The monoisotopic (exact) mass is 233 g/mol. The van der Waals surface area contributed by atoms with Gasteiger partial charge in [0, 0.05) is 18.0 Å². The second-order valence-electron chi connectivity index (χ2n) is 3.73. The number of carboxylic acids is 1. The first kappa shape index (κ1) is 11.5. The van der Waals surface area contributed by atoms with Gasteiger partial charge >= 0.3 is 5.97 Å². The summed E-state index contributed by atoms with van der Waals surface area (Å²) < 4.78 is 7.20. The summed E-state index contributed by atoms with van der Waals surface area (Å²) in [5, 5.41) is 10.0. The van der Waals surface area contributed by atoms with Crippen molar-refractivity contribution in [1.29, 1.82) is 0 Å². The van der Waals surface area contributed by atoms with E-state index in [0.717, 1.165) is 16.7 Å². The SMILES string of the molecule is CCOc1ccc2cc(C(=O)O)n(CC)c2c1. The quantitative estimate of drug-likeness (QED) is 0.883. The van der Waals surface area contributed by atoms with Crippen molar-refractivity contribution in [3.8, 4) is 5.75 Å². The summed E-state index contributed by atoms with van der Waals surface area (Å²) in [6.45, 7) is 5.08. The van der Waals surface area contributed by atoms with Gasteiger partial charge in [-0.2, -0.15) is 0 Å². The molecule has 0 fully saturated rings. The molecule has 0 saturated carbocycles. The van der Waals surface area contributed by atoms with Gasteiger partial charge in [-0.05, 0) is 32.0 Å². The molecule has 17 heavy (non-hydrogen) atoms.